The highest BCUT2D eigenvalue weighted by atomic mass is 19.4. The molecular weight excluding hydrogens is 285 g/mol. The van der Waals surface area contributed by atoms with Crippen molar-refractivity contribution in [1.82, 2.24) is 0 Å². The summed E-state index contributed by atoms with van der Waals surface area (Å²) >= 11 is 0. The van der Waals surface area contributed by atoms with Crippen LogP contribution in [0.15, 0.2) is 48.5 Å². The minimum Gasteiger partial charge on any atom is -0.489 e. The molecule has 112 valence electrons. The average molecular weight is 298 g/mol. The molecule has 21 heavy (non-hydrogen) atoms. The molecule has 0 aliphatic carbocycles. The fraction of sp³-hybridized carbons (Fsp3) is 0.200. The van der Waals surface area contributed by atoms with Gasteiger partial charge in [-0.15, -0.1) is 13.2 Å². The molecule has 0 amide bonds. The number of rotatable bonds is 5. The summed E-state index contributed by atoms with van der Waals surface area (Å²) in [5.41, 5.74) is 1.34. The molecule has 0 atom stereocenters. The molecule has 2 aromatic carbocycles. The maximum atomic E-state index is 12.0. The highest BCUT2D eigenvalue weighted by Crippen LogP contribution is 2.24. The molecule has 2 aromatic rings. The van der Waals surface area contributed by atoms with Gasteiger partial charge >= 0.3 is 6.36 Å². The molecule has 1 N–H and O–H groups in total. The third-order valence-electron chi connectivity index (χ3n) is 2.69. The Balaban J connectivity index is 1.98. The van der Waals surface area contributed by atoms with E-state index < -0.39 is 6.36 Å². The summed E-state index contributed by atoms with van der Waals surface area (Å²) in [6, 6.07) is 12.4. The van der Waals surface area contributed by atoms with Crippen LogP contribution in [0.2, 0.25) is 0 Å². The third-order valence-corrected chi connectivity index (χ3v) is 2.69. The fourth-order valence-electron chi connectivity index (χ4n) is 1.72. The Kier molecular flexibility index (Phi) is 4.70. The molecule has 0 unspecified atom stereocenters. The van der Waals surface area contributed by atoms with Gasteiger partial charge in [0, 0.05) is 5.56 Å². The van der Waals surface area contributed by atoms with E-state index in [1.54, 1.807) is 24.3 Å². The molecule has 2 rings (SSSR count). The van der Waals surface area contributed by atoms with Crippen molar-refractivity contribution in [1.29, 1.82) is 0 Å². The molecule has 0 heterocycles. The second-order valence-electron chi connectivity index (χ2n) is 4.25. The van der Waals surface area contributed by atoms with Gasteiger partial charge in [0.05, 0.1) is 6.61 Å². The highest BCUT2D eigenvalue weighted by Gasteiger charge is 2.30. The van der Waals surface area contributed by atoms with Gasteiger partial charge in [0.15, 0.2) is 0 Å². The smallest absolute Gasteiger partial charge is 0.489 e. The number of benzene rings is 2. The Bertz CT molecular complexity index is 579. The monoisotopic (exact) mass is 298 g/mol. The SMILES string of the molecule is OCc1ccccc1OCc1ccc(OC(F)(F)F)cc1. The van der Waals surface area contributed by atoms with Gasteiger partial charge in [0.2, 0.25) is 0 Å². The first-order chi connectivity index (χ1) is 9.98. The summed E-state index contributed by atoms with van der Waals surface area (Å²) in [5, 5.41) is 9.16. The van der Waals surface area contributed by atoms with Crippen LogP contribution in [0, 0.1) is 0 Å². The van der Waals surface area contributed by atoms with E-state index in [1.807, 2.05) is 0 Å². The maximum Gasteiger partial charge on any atom is 0.573 e. The van der Waals surface area contributed by atoms with Crippen LogP contribution in [0.1, 0.15) is 11.1 Å². The Hall–Kier alpha value is -2.21. The van der Waals surface area contributed by atoms with Crippen LogP contribution < -0.4 is 9.47 Å². The predicted molar refractivity (Wildman–Crippen MR) is 69.8 cm³/mol. The summed E-state index contributed by atoms with van der Waals surface area (Å²) in [7, 11) is 0. The number of ether oxygens (including phenoxy) is 2. The molecule has 0 bridgehead atoms. The van der Waals surface area contributed by atoms with Crippen molar-refractivity contribution in [2.45, 2.75) is 19.6 Å². The van der Waals surface area contributed by atoms with E-state index in [2.05, 4.69) is 4.74 Å². The predicted octanol–water partition coefficient (Wildman–Crippen LogP) is 3.66. The van der Waals surface area contributed by atoms with Crippen LogP contribution in [0.3, 0.4) is 0 Å². The van der Waals surface area contributed by atoms with Crippen molar-refractivity contribution in [2.75, 3.05) is 0 Å². The molecular formula is C15H13F3O3. The Labute approximate surface area is 119 Å². The van der Waals surface area contributed by atoms with Crippen LogP contribution in [0.5, 0.6) is 11.5 Å². The normalized spacial score (nSPS) is 11.2. The molecule has 0 aromatic heterocycles. The summed E-state index contributed by atoms with van der Waals surface area (Å²) in [4.78, 5) is 0. The minimum atomic E-state index is -4.70. The lowest BCUT2D eigenvalue weighted by atomic mass is 10.2. The molecule has 0 aliphatic heterocycles. The second kappa shape index (κ2) is 6.49. The van der Waals surface area contributed by atoms with Crippen molar-refractivity contribution in [3.8, 4) is 11.5 Å². The summed E-state index contributed by atoms with van der Waals surface area (Å²) in [6.07, 6.45) is -4.70. The second-order valence-corrected chi connectivity index (χ2v) is 4.25. The highest BCUT2D eigenvalue weighted by molar-refractivity contribution is 5.33. The standard InChI is InChI=1S/C15H13F3O3/c16-15(17,18)21-13-7-5-11(6-8-13)10-20-14-4-2-1-3-12(14)9-19/h1-8,19H,9-10H2. The first kappa shape index (κ1) is 15.2. The largest absolute Gasteiger partial charge is 0.573 e. The number of para-hydroxylation sites is 1. The molecule has 0 saturated heterocycles. The van der Waals surface area contributed by atoms with Gasteiger partial charge in [-0.3, -0.25) is 0 Å². The molecule has 6 heteroatoms. The van der Waals surface area contributed by atoms with Gasteiger partial charge in [-0.2, -0.15) is 0 Å². The van der Waals surface area contributed by atoms with Crippen LogP contribution in [-0.2, 0) is 13.2 Å². The van der Waals surface area contributed by atoms with E-state index in [0.29, 0.717) is 16.9 Å². The van der Waals surface area contributed by atoms with Crippen molar-refractivity contribution >= 4 is 0 Å². The quantitative estimate of drug-likeness (QED) is 0.915. The Morgan fingerprint density at radius 1 is 0.952 bits per heavy atom. The zero-order valence-electron chi connectivity index (χ0n) is 10.9. The van der Waals surface area contributed by atoms with Gasteiger partial charge < -0.3 is 14.6 Å². The Morgan fingerprint density at radius 3 is 2.24 bits per heavy atom. The molecule has 0 radical (unpaired) electrons. The van der Waals surface area contributed by atoms with Crippen molar-refractivity contribution in [3.63, 3.8) is 0 Å². The van der Waals surface area contributed by atoms with Gasteiger partial charge in [-0.25, -0.2) is 0 Å². The number of hydrogen-bond acceptors (Lipinski definition) is 3. The van der Waals surface area contributed by atoms with E-state index in [-0.39, 0.29) is 19.0 Å². The van der Waals surface area contributed by atoms with Crippen LogP contribution in [0.25, 0.3) is 0 Å². The van der Waals surface area contributed by atoms with Crippen LogP contribution in [0.4, 0.5) is 13.2 Å². The number of halogens is 3. The summed E-state index contributed by atoms with van der Waals surface area (Å²) in [5.74, 6) is 0.262. The third kappa shape index (κ3) is 4.68. The van der Waals surface area contributed by atoms with Gasteiger partial charge in [-0.1, -0.05) is 30.3 Å². The number of aliphatic hydroxyl groups is 1. The van der Waals surface area contributed by atoms with Gasteiger partial charge in [-0.05, 0) is 23.8 Å². The number of aliphatic hydroxyl groups excluding tert-OH is 1. The van der Waals surface area contributed by atoms with Gasteiger partial charge in [0.1, 0.15) is 18.1 Å². The summed E-state index contributed by atoms with van der Waals surface area (Å²) < 4.78 is 45.4. The Morgan fingerprint density at radius 2 is 1.62 bits per heavy atom. The average Bonchev–Trinajstić information content (AvgIpc) is 2.45. The van der Waals surface area contributed by atoms with E-state index in [1.165, 1.54) is 24.3 Å². The first-order valence-corrected chi connectivity index (χ1v) is 6.14. The lowest BCUT2D eigenvalue weighted by Gasteiger charge is -2.11. The van der Waals surface area contributed by atoms with Crippen LogP contribution in [-0.4, -0.2) is 11.5 Å². The lowest BCUT2D eigenvalue weighted by molar-refractivity contribution is -0.274. The van der Waals surface area contributed by atoms with Crippen molar-refractivity contribution in [2.24, 2.45) is 0 Å². The molecule has 0 fully saturated rings. The topological polar surface area (TPSA) is 38.7 Å². The zero-order valence-corrected chi connectivity index (χ0v) is 10.9. The molecule has 0 saturated carbocycles. The van der Waals surface area contributed by atoms with E-state index >= 15 is 0 Å². The van der Waals surface area contributed by atoms with Crippen molar-refractivity contribution < 1.29 is 27.8 Å². The molecule has 3 nitrogen and oxygen atoms in total. The number of alkyl halides is 3. The van der Waals surface area contributed by atoms with Crippen molar-refractivity contribution in [3.05, 3.63) is 59.7 Å². The summed E-state index contributed by atoms with van der Waals surface area (Å²) in [6.45, 7) is 0.0395. The molecule has 0 aliphatic rings. The first-order valence-electron chi connectivity index (χ1n) is 6.14. The fourth-order valence-corrected chi connectivity index (χ4v) is 1.72. The van der Waals surface area contributed by atoms with Crippen LogP contribution >= 0.6 is 0 Å². The lowest BCUT2D eigenvalue weighted by Crippen LogP contribution is -2.17. The van der Waals surface area contributed by atoms with E-state index in [9.17, 15) is 13.2 Å². The molecule has 0 spiro atoms. The zero-order chi connectivity index (χ0) is 15.3. The maximum absolute atomic E-state index is 12.0. The number of hydrogen-bond donors (Lipinski definition) is 1. The van der Waals surface area contributed by atoms with E-state index in [4.69, 9.17) is 9.84 Å². The van der Waals surface area contributed by atoms with Gasteiger partial charge in [0.25, 0.3) is 0 Å². The van der Waals surface area contributed by atoms with E-state index in [0.717, 1.165) is 0 Å². The minimum absolute atomic E-state index is 0.144.